The molecule has 6 rings (SSSR count). The number of rotatable bonds is 8. The molecule has 4 aromatic rings. The van der Waals surface area contributed by atoms with Crippen LogP contribution in [0.4, 0.5) is 14.6 Å². The molecule has 5 heterocycles. The van der Waals surface area contributed by atoms with E-state index in [1.54, 1.807) is 23.1 Å². The summed E-state index contributed by atoms with van der Waals surface area (Å²) in [6.07, 6.45) is 3.50. The SMILES string of the molecule is COc1cc(C(=O)N2C[C@H](N)C[C@H]2C)cc2nc(-c3cc4ccc(N(C(F)F)S(C)(=O)=O)nc4n3CC3CC3)c(C)n12. The van der Waals surface area contributed by atoms with Crippen molar-refractivity contribution in [2.75, 3.05) is 24.2 Å². The van der Waals surface area contributed by atoms with E-state index in [1.165, 1.54) is 13.2 Å². The van der Waals surface area contributed by atoms with Crippen LogP contribution < -0.4 is 14.8 Å². The molecular weight excluding hydrogens is 568 g/mol. The predicted molar refractivity (Wildman–Crippen MR) is 154 cm³/mol. The molecule has 14 heteroatoms. The van der Waals surface area contributed by atoms with Gasteiger partial charge in [-0.1, -0.05) is 0 Å². The highest BCUT2D eigenvalue weighted by atomic mass is 32.2. The van der Waals surface area contributed by atoms with E-state index in [0.717, 1.165) is 31.2 Å². The Hall–Kier alpha value is -3.78. The lowest BCUT2D eigenvalue weighted by Crippen LogP contribution is -2.35. The quantitative estimate of drug-likeness (QED) is 0.306. The van der Waals surface area contributed by atoms with Crippen molar-refractivity contribution in [1.29, 1.82) is 0 Å². The van der Waals surface area contributed by atoms with Crippen molar-refractivity contribution in [3.05, 3.63) is 41.6 Å². The third-order valence-corrected chi connectivity index (χ3v) is 9.17. The molecule has 1 amide bonds. The molecule has 4 aromatic heterocycles. The molecule has 2 fully saturated rings. The minimum atomic E-state index is -4.27. The number of nitrogens with two attached hydrogens (primary N) is 1. The Morgan fingerprint density at radius 2 is 1.95 bits per heavy atom. The molecule has 0 bridgehead atoms. The molecule has 2 atom stereocenters. The van der Waals surface area contributed by atoms with Crippen LogP contribution in [0.1, 0.15) is 42.2 Å². The van der Waals surface area contributed by atoms with Gasteiger partial charge in [0.2, 0.25) is 10.0 Å². The van der Waals surface area contributed by atoms with E-state index in [9.17, 15) is 22.0 Å². The number of likely N-dealkylation sites (tertiary alicyclic amines) is 1. The van der Waals surface area contributed by atoms with E-state index >= 15 is 0 Å². The van der Waals surface area contributed by atoms with Gasteiger partial charge in [0.05, 0.1) is 24.8 Å². The number of carbonyl (C=O) groups is 1. The summed E-state index contributed by atoms with van der Waals surface area (Å²) in [5.41, 5.74) is 9.52. The van der Waals surface area contributed by atoms with Crippen LogP contribution in [0, 0.1) is 12.8 Å². The molecule has 224 valence electrons. The van der Waals surface area contributed by atoms with Gasteiger partial charge in [0, 0.05) is 42.2 Å². The van der Waals surface area contributed by atoms with Gasteiger partial charge in [-0.3, -0.25) is 9.20 Å². The fourth-order valence-electron chi connectivity index (χ4n) is 5.91. The first-order valence-corrected chi connectivity index (χ1v) is 15.6. The van der Waals surface area contributed by atoms with Crippen molar-refractivity contribution in [3.63, 3.8) is 0 Å². The second kappa shape index (κ2) is 10.2. The van der Waals surface area contributed by atoms with Crippen LogP contribution in [-0.2, 0) is 16.6 Å². The van der Waals surface area contributed by atoms with Gasteiger partial charge in [-0.2, -0.15) is 13.1 Å². The van der Waals surface area contributed by atoms with E-state index in [0.29, 0.717) is 58.5 Å². The van der Waals surface area contributed by atoms with Gasteiger partial charge in [0.15, 0.2) is 5.88 Å². The first-order chi connectivity index (χ1) is 19.9. The number of halogens is 2. The number of nitrogens with zero attached hydrogens (tertiary/aromatic N) is 6. The molecule has 0 radical (unpaired) electrons. The average molecular weight is 602 g/mol. The zero-order chi connectivity index (χ0) is 30.1. The standard InChI is InChI=1S/C28H33F2N7O4S/c1-15-9-20(31)14-34(15)27(38)19-11-23-32-25(16(2)36(23)24(12-19)41-3)21-10-18-7-8-22(37(28(29)30)42(4,39)40)33-26(18)35(21)13-17-5-6-17/h7-8,10-12,15,17,20,28H,5-6,9,13-14,31H2,1-4H3/t15-,20-/m1/s1. The fraction of sp³-hybridized carbons (Fsp3) is 0.464. The molecule has 0 spiro atoms. The minimum absolute atomic E-state index is 0.0194. The van der Waals surface area contributed by atoms with Crippen molar-refractivity contribution in [1.82, 2.24) is 23.8 Å². The molecule has 2 aliphatic rings. The molecule has 1 saturated heterocycles. The Kier molecular flexibility index (Phi) is 6.88. The van der Waals surface area contributed by atoms with Crippen molar-refractivity contribution >= 4 is 38.4 Å². The van der Waals surface area contributed by atoms with E-state index < -0.39 is 16.6 Å². The van der Waals surface area contributed by atoms with E-state index in [2.05, 4.69) is 4.98 Å². The topological polar surface area (TPSA) is 128 Å². The maximum absolute atomic E-state index is 13.8. The van der Waals surface area contributed by atoms with Crippen LogP contribution in [0.15, 0.2) is 30.3 Å². The number of aryl methyl sites for hydroxylation is 1. The van der Waals surface area contributed by atoms with Crippen molar-refractivity contribution in [3.8, 4) is 17.3 Å². The normalized spacial score (nSPS) is 19.4. The van der Waals surface area contributed by atoms with Gasteiger partial charge in [0.1, 0.15) is 22.8 Å². The number of carbonyl (C=O) groups excluding carboxylic acids is 1. The van der Waals surface area contributed by atoms with Crippen molar-refractivity contribution in [2.24, 2.45) is 11.7 Å². The molecule has 1 saturated carbocycles. The number of hydrogen-bond acceptors (Lipinski definition) is 7. The lowest BCUT2D eigenvalue weighted by atomic mass is 10.2. The summed E-state index contributed by atoms with van der Waals surface area (Å²) >= 11 is 0. The maximum atomic E-state index is 13.8. The largest absolute Gasteiger partial charge is 0.482 e. The molecule has 1 aliphatic heterocycles. The third-order valence-electron chi connectivity index (χ3n) is 8.11. The van der Waals surface area contributed by atoms with Gasteiger partial charge >= 0.3 is 6.55 Å². The molecular formula is C28H33F2N7O4S. The number of fused-ring (bicyclic) bond motifs is 2. The molecule has 2 N–H and O–H groups in total. The van der Waals surface area contributed by atoms with E-state index in [1.807, 2.05) is 28.9 Å². The maximum Gasteiger partial charge on any atom is 0.329 e. The molecule has 42 heavy (non-hydrogen) atoms. The monoisotopic (exact) mass is 601 g/mol. The van der Waals surface area contributed by atoms with Gasteiger partial charge < -0.3 is 19.9 Å². The van der Waals surface area contributed by atoms with Crippen LogP contribution in [0.3, 0.4) is 0 Å². The Labute approximate surface area is 241 Å². The number of alkyl halides is 2. The number of anilines is 1. The highest BCUT2D eigenvalue weighted by Crippen LogP contribution is 2.38. The van der Waals surface area contributed by atoms with Crippen LogP contribution in [-0.4, -0.2) is 76.7 Å². The fourth-order valence-corrected chi connectivity index (χ4v) is 6.64. The summed E-state index contributed by atoms with van der Waals surface area (Å²) in [6.45, 7) is 1.64. The first-order valence-electron chi connectivity index (χ1n) is 13.8. The predicted octanol–water partition coefficient (Wildman–Crippen LogP) is 3.63. The van der Waals surface area contributed by atoms with E-state index in [-0.39, 0.29) is 28.1 Å². The number of hydrogen-bond donors (Lipinski definition) is 1. The van der Waals surface area contributed by atoms with Crippen LogP contribution >= 0.6 is 0 Å². The highest BCUT2D eigenvalue weighted by Gasteiger charge is 2.33. The lowest BCUT2D eigenvalue weighted by Gasteiger charge is -2.21. The molecule has 1 aliphatic carbocycles. The van der Waals surface area contributed by atoms with Crippen LogP contribution in [0.5, 0.6) is 5.88 Å². The van der Waals surface area contributed by atoms with Gasteiger partial charge in [-0.05, 0) is 63.3 Å². The Balaban J connectivity index is 1.50. The van der Waals surface area contributed by atoms with Gasteiger partial charge in [0.25, 0.3) is 5.91 Å². The number of aromatic nitrogens is 4. The highest BCUT2D eigenvalue weighted by molar-refractivity contribution is 7.92. The summed E-state index contributed by atoms with van der Waals surface area (Å²) in [4.78, 5) is 24.5. The van der Waals surface area contributed by atoms with Crippen LogP contribution in [0.25, 0.3) is 28.1 Å². The van der Waals surface area contributed by atoms with Gasteiger partial charge in [-0.25, -0.2) is 18.4 Å². The summed E-state index contributed by atoms with van der Waals surface area (Å²) in [6, 6.07) is 8.13. The number of imidazole rings is 1. The summed E-state index contributed by atoms with van der Waals surface area (Å²) in [7, 11) is -2.74. The Morgan fingerprint density at radius 3 is 2.55 bits per heavy atom. The summed E-state index contributed by atoms with van der Waals surface area (Å²) in [5.74, 6) is 0.326. The minimum Gasteiger partial charge on any atom is -0.482 e. The van der Waals surface area contributed by atoms with Crippen molar-refractivity contribution in [2.45, 2.75) is 58.3 Å². The van der Waals surface area contributed by atoms with Gasteiger partial charge in [-0.15, -0.1) is 0 Å². The summed E-state index contributed by atoms with van der Waals surface area (Å²) in [5, 5.41) is 0.663. The Bertz CT molecular complexity index is 1820. The number of sulfonamides is 1. The molecule has 0 aromatic carbocycles. The summed E-state index contributed by atoms with van der Waals surface area (Å²) < 4.78 is 61.3. The average Bonchev–Trinajstić information content (AvgIpc) is 3.46. The number of pyridine rings is 2. The zero-order valence-electron chi connectivity index (χ0n) is 23.8. The molecule has 0 unspecified atom stereocenters. The zero-order valence-corrected chi connectivity index (χ0v) is 24.6. The number of amides is 1. The first kappa shape index (κ1) is 28.3. The smallest absolute Gasteiger partial charge is 0.329 e. The lowest BCUT2D eigenvalue weighted by molar-refractivity contribution is 0.0745. The third kappa shape index (κ3) is 4.85. The van der Waals surface area contributed by atoms with E-state index in [4.69, 9.17) is 15.5 Å². The number of methoxy groups -OCH3 is 1. The Morgan fingerprint density at radius 1 is 1.21 bits per heavy atom. The number of ether oxygens (including phenoxy) is 1. The second-order valence-electron chi connectivity index (χ2n) is 11.3. The van der Waals surface area contributed by atoms with Crippen molar-refractivity contribution < 1.29 is 26.7 Å². The second-order valence-corrected chi connectivity index (χ2v) is 13.2. The molecule has 11 nitrogen and oxygen atoms in total. The van der Waals surface area contributed by atoms with Crippen LogP contribution in [0.2, 0.25) is 0 Å².